The zero-order valence-electron chi connectivity index (χ0n) is 21.2. The Labute approximate surface area is 220 Å². The number of hydrogen-bond acceptors (Lipinski definition) is 4. The van der Waals surface area contributed by atoms with Crippen molar-refractivity contribution in [3.63, 3.8) is 0 Å². The first-order valence-electron chi connectivity index (χ1n) is 12.5. The van der Waals surface area contributed by atoms with Crippen LogP contribution < -0.4 is 9.64 Å². The van der Waals surface area contributed by atoms with E-state index >= 15 is 0 Å². The summed E-state index contributed by atoms with van der Waals surface area (Å²) in [6.45, 7) is 5.88. The smallest absolute Gasteiger partial charge is 0.338 e. The van der Waals surface area contributed by atoms with Crippen LogP contribution in [0.3, 0.4) is 0 Å². The fourth-order valence-electron chi connectivity index (χ4n) is 5.00. The van der Waals surface area contributed by atoms with Crippen LogP contribution in [-0.4, -0.2) is 39.8 Å². The lowest BCUT2D eigenvalue weighted by atomic mass is 10.1. The van der Waals surface area contributed by atoms with Crippen LogP contribution in [0.25, 0.3) is 27.4 Å². The van der Waals surface area contributed by atoms with Crippen LogP contribution in [0.15, 0.2) is 84.9 Å². The molecule has 0 atom stereocenters. The number of carboxylic acid groups (broad SMARTS) is 2. The van der Waals surface area contributed by atoms with Gasteiger partial charge in [-0.25, -0.2) is 4.79 Å². The summed E-state index contributed by atoms with van der Waals surface area (Å²) >= 11 is 0. The van der Waals surface area contributed by atoms with Crippen molar-refractivity contribution in [2.45, 2.75) is 20.3 Å². The molecule has 5 aromatic rings. The van der Waals surface area contributed by atoms with Gasteiger partial charge in [-0.2, -0.15) is 0 Å². The molecule has 0 aliphatic rings. The predicted molar refractivity (Wildman–Crippen MR) is 149 cm³/mol. The molecule has 0 saturated heterocycles. The standard InChI is InChI=1S/C31H28N2O5/c1-3-32(4-2)22-10-12-23(13-11-22)33-27-16-15-25(18-26(27)30(31(36)37)28(33)19-29(34)35)38-24-14-9-20-7-5-6-8-21(20)17-24/h5-18H,3-4,19H2,1-2H3,(H,34,35)(H,36,37). The monoisotopic (exact) mass is 508 g/mol. The largest absolute Gasteiger partial charge is 0.481 e. The third kappa shape index (κ3) is 4.66. The minimum absolute atomic E-state index is 0.0424. The van der Waals surface area contributed by atoms with E-state index in [1.165, 1.54) is 0 Å². The second-order valence-electron chi connectivity index (χ2n) is 9.01. The van der Waals surface area contributed by atoms with Gasteiger partial charge in [-0.1, -0.05) is 30.3 Å². The first-order chi connectivity index (χ1) is 18.4. The summed E-state index contributed by atoms with van der Waals surface area (Å²) in [4.78, 5) is 26.5. The summed E-state index contributed by atoms with van der Waals surface area (Å²) in [7, 11) is 0. The molecule has 7 heteroatoms. The van der Waals surface area contributed by atoms with E-state index in [2.05, 4.69) is 18.7 Å². The Morgan fingerprint density at radius 2 is 1.47 bits per heavy atom. The summed E-state index contributed by atoms with van der Waals surface area (Å²) in [5.74, 6) is -1.21. The van der Waals surface area contributed by atoms with Gasteiger partial charge >= 0.3 is 11.9 Å². The van der Waals surface area contributed by atoms with Gasteiger partial charge in [0.15, 0.2) is 0 Å². The third-order valence-electron chi connectivity index (χ3n) is 6.76. The van der Waals surface area contributed by atoms with Crippen molar-refractivity contribution >= 4 is 39.3 Å². The lowest BCUT2D eigenvalue weighted by Crippen LogP contribution is -2.21. The van der Waals surface area contributed by atoms with Gasteiger partial charge in [0.25, 0.3) is 0 Å². The average Bonchev–Trinajstić information content (AvgIpc) is 3.22. The maximum atomic E-state index is 12.4. The second kappa shape index (κ2) is 10.3. The van der Waals surface area contributed by atoms with Crippen LogP contribution in [0.5, 0.6) is 11.5 Å². The number of aromatic nitrogens is 1. The van der Waals surface area contributed by atoms with Gasteiger partial charge in [-0.3, -0.25) is 4.79 Å². The Bertz CT molecular complexity index is 1650. The first-order valence-corrected chi connectivity index (χ1v) is 12.5. The molecule has 2 N–H and O–H groups in total. The SMILES string of the molecule is CCN(CC)c1ccc(-n2c(CC(=O)O)c(C(=O)O)c3cc(Oc4ccc5ccccc5c4)ccc32)cc1. The molecule has 192 valence electrons. The Hall–Kier alpha value is -4.78. The van der Waals surface area contributed by atoms with E-state index in [1.54, 1.807) is 22.8 Å². The van der Waals surface area contributed by atoms with Crippen molar-refractivity contribution in [3.8, 4) is 17.2 Å². The summed E-state index contributed by atoms with van der Waals surface area (Å²) in [6.07, 6.45) is -0.436. The van der Waals surface area contributed by atoms with E-state index in [1.807, 2.05) is 66.7 Å². The summed E-state index contributed by atoms with van der Waals surface area (Å²) < 4.78 is 7.83. The highest BCUT2D eigenvalue weighted by Gasteiger charge is 2.25. The van der Waals surface area contributed by atoms with Crippen LogP contribution in [-0.2, 0) is 11.2 Å². The number of benzene rings is 4. The third-order valence-corrected chi connectivity index (χ3v) is 6.76. The maximum Gasteiger partial charge on any atom is 0.338 e. The molecule has 7 nitrogen and oxygen atoms in total. The van der Waals surface area contributed by atoms with Gasteiger partial charge in [0.05, 0.1) is 17.5 Å². The van der Waals surface area contributed by atoms with E-state index < -0.39 is 18.4 Å². The van der Waals surface area contributed by atoms with E-state index in [-0.39, 0.29) is 11.3 Å². The number of carbonyl (C=O) groups is 2. The number of ether oxygens (including phenoxy) is 1. The zero-order chi connectivity index (χ0) is 26.8. The molecular weight excluding hydrogens is 480 g/mol. The molecule has 0 spiro atoms. The van der Waals surface area contributed by atoms with Crippen LogP contribution in [0.1, 0.15) is 29.9 Å². The average molecular weight is 509 g/mol. The maximum absolute atomic E-state index is 12.4. The number of rotatable bonds is 9. The Morgan fingerprint density at radius 1 is 0.816 bits per heavy atom. The number of aromatic carboxylic acids is 1. The molecule has 38 heavy (non-hydrogen) atoms. The molecule has 0 aliphatic carbocycles. The van der Waals surface area contributed by atoms with Gasteiger partial charge in [-0.15, -0.1) is 0 Å². The fraction of sp³-hybridized carbons (Fsp3) is 0.161. The molecule has 0 fully saturated rings. The molecule has 1 aromatic heterocycles. The molecule has 5 rings (SSSR count). The van der Waals surface area contributed by atoms with Crippen molar-refractivity contribution in [3.05, 3.63) is 96.2 Å². The summed E-state index contributed by atoms with van der Waals surface area (Å²) in [5.41, 5.74) is 2.50. The lowest BCUT2D eigenvalue weighted by Gasteiger charge is -2.21. The molecule has 0 aliphatic heterocycles. The number of carboxylic acids is 2. The Morgan fingerprint density at radius 3 is 2.13 bits per heavy atom. The van der Waals surface area contributed by atoms with Crippen LogP contribution in [0.2, 0.25) is 0 Å². The van der Waals surface area contributed by atoms with E-state index in [0.717, 1.165) is 29.5 Å². The second-order valence-corrected chi connectivity index (χ2v) is 9.01. The van der Waals surface area contributed by atoms with Crippen molar-refractivity contribution in [1.82, 2.24) is 4.57 Å². The van der Waals surface area contributed by atoms with E-state index in [9.17, 15) is 19.8 Å². The highest BCUT2D eigenvalue weighted by molar-refractivity contribution is 6.07. The molecular formula is C31H28N2O5. The number of anilines is 1. The molecule has 4 aromatic carbocycles. The van der Waals surface area contributed by atoms with E-state index in [0.29, 0.717) is 28.1 Å². The molecule has 1 heterocycles. The Kier molecular flexibility index (Phi) is 6.75. The highest BCUT2D eigenvalue weighted by Crippen LogP contribution is 2.35. The number of nitrogens with zero attached hydrogens (tertiary/aromatic N) is 2. The molecule has 0 saturated carbocycles. The van der Waals surface area contributed by atoms with Gasteiger partial charge in [-0.05, 0) is 79.2 Å². The van der Waals surface area contributed by atoms with Crippen molar-refractivity contribution in [2.24, 2.45) is 0 Å². The zero-order valence-corrected chi connectivity index (χ0v) is 21.2. The van der Waals surface area contributed by atoms with E-state index in [4.69, 9.17) is 4.74 Å². The normalized spacial score (nSPS) is 11.1. The summed E-state index contributed by atoms with van der Waals surface area (Å²) in [6, 6.07) is 26.6. The predicted octanol–water partition coefficient (Wildman–Crippen LogP) is 6.75. The first kappa shape index (κ1) is 24.9. The number of hydrogen-bond donors (Lipinski definition) is 2. The van der Waals surface area contributed by atoms with Crippen molar-refractivity contribution in [1.29, 1.82) is 0 Å². The van der Waals surface area contributed by atoms with Crippen LogP contribution in [0, 0.1) is 0 Å². The van der Waals surface area contributed by atoms with Crippen molar-refractivity contribution < 1.29 is 24.5 Å². The lowest BCUT2D eigenvalue weighted by molar-refractivity contribution is -0.136. The topological polar surface area (TPSA) is 92.0 Å². The van der Waals surface area contributed by atoms with Gasteiger partial charge in [0, 0.05) is 35.5 Å². The minimum atomic E-state index is -1.19. The Balaban J connectivity index is 1.63. The van der Waals surface area contributed by atoms with Crippen LogP contribution in [0.4, 0.5) is 5.69 Å². The van der Waals surface area contributed by atoms with Crippen LogP contribution >= 0.6 is 0 Å². The fourth-order valence-corrected chi connectivity index (χ4v) is 5.00. The highest BCUT2D eigenvalue weighted by atomic mass is 16.5. The van der Waals surface area contributed by atoms with Gasteiger partial charge in [0.1, 0.15) is 11.5 Å². The molecule has 0 amide bonds. The van der Waals surface area contributed by atoms with Gasteiger partial charge in [0.2, 0.25) is 0 Å². The van der Waals surface area contributed by atoms with Gasteiger partial charge < -0.3 is 24.4 Å². The molecule has 0 unspecified atom stereocenters. The number of aliphatic carboxylic acids is 1. The summed E-state index contributed by atoms with van der Waals surface area (Å²) in [5, 5.41) is 22.3. The molecule has 0 radical (unpaired) electrons. The van der Waals surface area contributed by atoms with Crippen molar-refractivity contribution in [2.75, 3.05) is 18.0 Å². The number of fused-ring (bicyclic) bond motifs is 2. The minimum Gasteiger partial charge on any atom is -0.481 e. The quantitative estimate of drug-likeness (QED) is 0.229. The molecule has 0 bridgehead atoms.